The number of pyridine rings is 1. The summed E-state index contributed by atoms with van der Waals surface area (Å²) in [5, 5.41) is 4.28. The topological polar surface area (TPSA) is 46.8 Å². The normalized spacial score (nSPS) is 18.0. The van der Waals surface area contributed by atoms with Crippen molar-refractivity contribution in [1.82, 2.24) is 14.5 Å². The van der Waals surface area contributed by atoms with Crippen LogP contribution in [-0.2, 0) is 4.74 Å². The molecule has 0 aromatic carbocycles. The molecule has 1 amide bonds. The maximum absolute atomic E-state index is 12.6. The van der Waals surface area contributed by atoms with E-state index in [1.165, 1.54) is 6.42 Å². The molecule has 1 unspecified atom stereocenters. The van der Waals surface area contributed by atoms with E-state index in [0.717, 1.165) is 43.5 Å². The van der Waals surface area contributed by atoms with Gasteiger partial charge in [0, 0.05) is 26.4 Å². The van der Waals surface area contributed by atoms with Gasteiger partial charge in [-0.2, -0.15) is 5.10 Å². The quantitative estimate of drug-likeness (QED) is 0.853. The highest BCUT2D eigenvalue weighted by molar-refractivity contribution is 6.00. The molecule has 5 heteroatoms. The minimum atomic E-state index is 0.0335. The van der Waals surface area contributed by atoms with E-state index in [4.69, 9.17) is 4.74 Å². The molecule has 1 aliphatic rings. The van der Waals surface area contributed by atoms with Crippen molar-refractivity contribution in [2.75, 3.05) is 20.2 Å². The van der Waals surface area contributed by atoms with Crippen LogP contribution in [0.25, 0.3) is 5.52 Å². The summed E-state index contributed by atoms with van der Waals surface area (Å²) in [6.45, 7) is 3.66. The second-order valence-electron chi connectivity index (χ2n) is 6.10. The molecule has 3 heterocycles. The van der Waals surface area contributed by atoms with Crippen LogP contribution in [-0.4, -0.2) is 46.7 Å². The highest BCUT2D eigenvalue weighted by Gasteiger charge is 2.18. The van der Waals surface area contributed by atoms with Crippen molar-refractivity contribution in [3.63, 3.8) is 0 Å². The van der Waals surface area contributed by atoms with E-state index in [9.17, 15) is 4.79 Å². The van der Waals surface area contributed by atoms with Crippen molar-refractivity contribution in [3.05, 3.63) is 35.7 Å². The van der Waals surface area contributed by atoms with Gasteiger partial charge in [-0.15, -0.1) is 0 Å². The Balaban J connectivity index is 1.61. The predicted octanol–water partition coefficient (Wildman–Crippen LogP) is 2.67. The van der Waals surface area contributed by atoms with Gasteiger partial charge in [-0.3, -0.25) is 4.79 Å². The fourth-order valence-electron chi connectivity index (χ4n) is 2.99. The highest BCUT2D eigenvalue weighted by atomic mass is 16.5. The van der Waals surface area contributed by atoms with Gasteiger partial charge in [0.15, 0.2) is 0 Å². The number of aryl methyl sites for hydroxylation is 1. The first-order valence-electron chi connectivity index (χ1n) is 7.96. The molecule has 22 heavy (non-hydrogen) atoms. The van der Waals surface area contributed by atoms with Crippen LogP contribution in [0.3, 0.4) is 0 Å². The van der Waals surface area contributed by atoms with Gasteiger partial charge in [-0.25, -0.2) is 4.52 Å². The van der Waals surface area contributed by atoms with Gasteiger partial charge in [0.25, 0.3) is 5.91 Å². The summed E-state index contributed by atoms with van der Waals surface area (Å²) in [6, 6.07) is 3.96. The first-order chi connectivity index (χ1) is 10.6. The number of rotatable bonds is 5. The van der Waals surface area contributed by atoms with E-state index < -0.39 is 0 Å². The average Bonchev–Trinajstić information content (AvgIpc) is 3.15. The lowest BCUT2D eigenvalue weighted by Crippen LogP contribution is -2.28. The second-order valence-corrected chi connectivity index (χ2v) is 6.10. The molecule has 1 saturated heterocycles. The van der Waals surface area contributed by atoms with Crippen molar-refractivity contribution in [1.29, 1.82) is 0 Å². The molecule has 0 N–H and O–H groups in total. The number of fused-ring (bicyclic) bond motifs is 1. The first kappa shape index (κ1) is 15.0. The second kappa shape index (κ2) is 6.48. The Morgan fingerprint density at radius 1 is 1.50 bits per heavy atom. The Morgan fingerprint density at radius 2 is 2.36 bits per heavy atom. The standard InChI is InChI=1S/C17H23N3O2/c1-13-7-8-16-15(11-18-20(16)12-13)17(21)19(2)9-3-5-14-6-4-10-22-14/h7-8,11-12,14H,3-6,9-10H2,1-2H3. The number of carbonyl (C=O) groups excluding carboxylic acids is 1. The minimum absolute atomic E-state index is 0.0335. The average molecular weight is 301 g/mol. The largest absolute Gasteiger partial charge is 0.378 e. The fraction of sp³-hybridized carbons (Fsp3) is 0.529. The Hall–Kier alpha value is -1.88. The zero-order valence-corrected chi connectivity index (χ0v) is 13.3. The molecule has 1 fully saturated rings. The Morgan fingerprint density at radius 3 is 3.14 bits per heavy atom. The van der Waals surface area contributed by atoms with Crippen LogP contribution in [0, 0.1) is 6.92 Å². The number of ether oxygens (including phenoxy) is 1. The molecule has 0 spiro atoms. The van der Waals surface area contributed by atoms with Gasteiger partial charge in [0.1, 0.15) is 0 Å². The van der Waals surface area contributed by atoms with Crippen LogP contribution in [0.2, 0.25) is 0 Å². The molecule has 0 bridgehead atoms. The van der Waals surface area contributed by atoms with Crippen LogP contribution < -0.4 is 0 Å². The lowest BCUT2D eigenvalue weighted by Gasteiger charge is -2.17. The third-order valence-corrected chi connectivity index (χ3v) is 4.28. The van der Waals surface area contributed by atoms with E-state index in [2.05, 4.69) is 5.10 Å². The number of hydrogen-bond acceptors (Lipinski definition) is 3. The summed E-state index contributed by atoms with van der Waals surface area (Å²) in [4.78, 5) is 14.4. The number of carbonyl (C=O) groups is 1. The van der Waals surface area contributed by atoms with Crippen LogP contribution in [0.5, 0.6) is 0 Å². The number of aromatic nitrogens is 2. The lowest BCUT2D eigenvalue weighted by atomic mass is 10.1. The fourth-order valence-corrected chi connectivity index (χ4v) is 2.99. The van der Waals surface area contributed by atoms with Crippen LogP contribution in [0.15, 0.2) is 24.5 Å². The number of nitrogens with zero attached hydrogens (tertiary/aromatic N) is 3. The lowest BCUT2D eigenvalue weighted by molar-refractivity contribution is 0.0765. The molecule has 2 aromatic rings. The summed E-state index contributed by atoms with van der Waals surface area (Å²) in [6.07, 6.45) is 8.32. The summed E-state index contributed by atoms with van der Waals surface area (Å²) < 4.78 is 7.39. The van der Waals surface area contributed by atoms with E-state index in [1.807, 2.05) is 32.3 Å². The third-order valence-electron chi connectivity index (χ3n) is 4.28. The zero-order valence-electron chi connectivity index (χ0n) is 13.3. The maximum Gasteiger partial charge on any atom is 0.257 e. The first-order valence-corrected chi connectivity index (χ1v) is 7.96. The Bertz CT molecular complexity index is 659. The highest BCUT2D eigenvalue weighted by Crippen LogP contribution is 2.18. The van der Waals surface area contributed by atoms with Crippen molar-refractivity contribution < 1.29 is 9.53 Å². The number of hydrogen-bond donors (Lipinski definition) is 0. The van der Waals surface area contributed by atoms with Crippen molar-refractivity contribution >= 4 is 11.4 Å². The third kappa shape index (κ3) is 3.14. The molecule has 1 atom stereocenters. The molecule has 0 saturated carbocycles. The van der Waals surface area contributed by atoms with Gasteiger partial charge in [0.05, 0.1) is 23.4 Å². The van der Waals surface area contributed by atoms with Crippen molar-refractivity contribution in [3.8, 4) is 0 Å². The number of amides is 1. The predicted molar refractivity (Wildman–Crippen MR) is 85.1 cm³/mol. The molecule has 5 nitrogen and oxygen atoms in total. The van der Waals surface area contributed by atoms with E-state index >= 15 is 0 Å². The summed E-state index contributed by atoms with van der Waals surface area (Å²) in [7, 11) is 1.86. The van der Waals surface area contributed by atoms with Gasteiger partial charge in [-0.1, -0.05) is 6.07 Å². The maximum atomic E-state index is 12.6. The van der Waals surface area contributed by atoms with Gasteiger partial charge in [0.2, 0.25) is 0 Å². The molecule has 0 radical (unpaired) electrons. The zero-order chi connectivity index (χ0) is 15.5. The molecular formula is C17H23N3O2. The smallest absolute Gasteiger partial charge is 0.257 e. The Kier molecular flexibility index (Phi) is 4.43. The summed E-state index contributed by atoms with van der Waals surface area (Å²) >= 11 is 0. The van der Waals surface area contributed by atoms with E-state index in [1.54, 1.807) is 15.6 Å². The van der Waals surface area contributed by atoms with Crippen molar-refractivity contribution in [2.45, 2.75) is 38.7 Å². The van der Waals surface area contributed by atoms with Gasteiger partial charge >= 0.3 is 0 Å². The molecule has 118 valence electrons. The summed E-state index contributed by atoms with van der Waals surface area (Å²) in [5.74, 6) is 0.0335. The van der Waals surface area contributed by atoms with E-state index in [-0.39, 0.29) is 5.91 Å². The molecular weight excluding hydrogens is 278 g/mol. The van der Waals surface area contributed by atoms with Crippen LogP contribution >= 0.6 is 0 Å². The van der Waals surface area contributed by atoms with Gasteiger partial charge < -0.3 is 9.64 Å². The molecule has 1 aliphatic heterocycles. The SMILES string of the molecule is Cc1ccc2c(C(=O)N(C)CCCC3CCCO3)cnn2c1. The van der Waals surface area contributed by atoms with Crippen LogP contribution in [0.1, 0.15) is 41.6 Å². The van der Waals surface area contributed by atoms with E-state index in [0.29, 0.717) is 11.7 Å². The minimum Gasteiger partial charge on any atom is -0.378 e. The summed E-state index contributed by atoms with van der Waals surface area (Å²) in [5.41, 5.74) is 2.65. The monoisotopic (exact) mass is 301 g/mol. The van der Waals surface area contributed by atoms with Crippen LogP contribution in [0.4, 0.5) is 0 Å². The van der Waals surface area contributed by atoms with Crippen molar-refractivity contribution in [2.24, 2.45) is 0 Å². The van der Waals surface area contributed by atoms with Gasteiger partial charge in [-0.05, 0) is 44.2 Å². The molecule has 3 rings (SSSR count). The molecule has 2 aromatic heterocycles. The molecule has 0 aliphatic carbocycles. The Labute approximate surface area is 130 Å².